The third kappa shape index (κ3) is 13.1. The van der Waals surface area contributed by atoms with Gasteiger partial charge in [0.05, 0.1) is 18.6 Å². The van der Waals surface area contributed by atoms with Gasteiger partial charge in [-0.3, -0.25) is 9.59 Å². The van der Waals surface area contributed by atoms with Crippen molar-refractivity contribution in [3.63, 3.8) is 0 Å². The fraction of sp³-hybridized carbons (Fsp3) is 0.744. The molecule has 2 aliphatic carbocycles. The molecule has 44 heavy (non-hydrogen) atoms. The van der Waals surface area contributed by atoms with Crippen molar-refractivity contribution in [3.05, 3.63) is 41.5 Å². The minimum atomic E-state index is -0.453. The molecule has 0 aromatic heterocycles. The first-order valence-electron chi connectivity index (χ1n) is 17.7. The van der Waals surface area contributed by atoms with Gasteiger partial charge < -0.3 is 14.2 Å². The summed E-state index contributed by atoms with van der Waals surface area (Å²) in [4.78, 5) is 25.2. The first kappa shape index (κ1) is 36.3. The van der Waals surface area contributed by atoms with Gasteiger partial charge in [-0.25, -0.2) is 0 Å². The van der Waals surface area contributed by atoms with Crippen LogP contribution in [0.3, 0.4) is 0 Å². The van der Waals surface area contributed by atoms with Crippen LogP contribution in [0.25, 0.3) is 6.08 Å². The van der Waals surface area contributed by atoms with Gasteiger partial charge in [0, 0.05) is 6.42 Å². The van der Waals surface area contributed by atoms with E-state index in [0.29, 0.717) is 24.9 Å². The molecule has 0 heterocycles. The number of carbonyl (C=O) groups is 2. The van der Waals surface area contributed by atoms with Gasteiger partial charge >= 0.3 is 11.9 Å². The van der Waals surface area contributed by atoms with E-state index in [4.69, 9.17) is 14.2 Å². The second kappa shape index (κ2) is 17.5. The molecule has 0 amide bonds. The maximum Gasteiger partial charge on any atom is 0.309 e. The number of ether oxygens (including phenoxy) is 3. The summed E-state index contributed by atoms with van der Waals surface area (Å²) in [5.41, 5.74) is 1.76. The van der Waals surface area contributed by atoms with E-state index in [0.717, 1.165) is 51.4 Å². The fourth-order valence-electron chi connectivity index (χ4n) is 7.00. The zero-order chi connectivity index (χ0) is 32.2. The van der Waals surface area contributed by atoms with Gasteiger partial charge in [0.25, 0.3) is 0 Å². The summed E-state index contributed by atoms with van der Waals surface area (Å²) < 4.78 is 17.9. The minimum Gasteiger partial charge on any atom is -0.460 e. The summed E-state index contributed by atoms with van der Waals surface area (Å²) in [6, 6.07) is 8.91. The van der Waals surface area contributed by atoms with Crippen molar-refractivity contribution in [1.29, 1.82) is 0 Å². The Morgan fingerprint density at radius 3 is 2.30 bits per heavy atom. The Hall–Kier alpha value is -2.14. The maximum atomic E-state index is 13.2. The topological polar surface area (TPSA) is 61.8 Å². The van der Waals surface area contributed by atoms with Crippen LogP contribution in [0.15, 0.2) is 30.3 Å². The number of rotatable bonds is 14. The van der Waals surface area contributed by atoms with E-state index in [1.165, 1.54) is 43.2 Å². The standard InChI is InChI=1S/C39H62O5/c1-8-9-11-18-31-19-15-21-34(37(41)44-39(5,6)7)35(31)28-42-33-25-23-30(24-26-33)32-20-14-17-29(27-32)16-12-10-13-22-36(40)43-38(2,3)4/h12,14,16-17,20,27,30-31,33-35H,8-11,13,15,18-19,21-26,28H2,1-7H3/b16-12-. The second-order valence-electron chi connectivity index (χ2n) is 15.3. The lowest BCUT2D eigenvalue weighted by atomic mass is 9.70. The molecule has 5 nitrogen and oxygen atoms in total. The Kier molecular flexibility index (Phi) is 14.5. The normalized spacial score (nSPS) is 24.8. The molecule has 0 saturated heterocycles. The first-order valence-corrected chi connectivity index (χ1v) is 17.7. The molecule has 3 rings (SSSR count). The second-order valence-corrected chi connectivity index (χ2v) is 15.3. The highest BCUT2D eigenvalue weighted by atomic mass is 16.6. The molecular formula is C39H62O5. The number of unbranched alkanes of at least 4 members (excludes halogenated alkanes) is 3. The van der Waals surface area contributed by atoms with Crippen LogP contribution in [-0.4, -0.2) is 35.9 Å². The molecule has 5 heteroatoms. The minimum absolute atomic E-state index is 0.0213. The number of carbonyl (C=O) groups excluding carboxylic acids is 2. The van der Waals surface area contributed by atoms with Crippen molar-refractivity contribution in [1.82, 2.24) is 0 Å². The summed E-state index contributed by atoms with van der Waals surface area (Å²) in [6.45, 7) is 14.6. The molecule has 1 aromatic rings. The van der Waals surface area contributed by atoms with E-state index in [9.17, 15) is 9.59 Å². The average Bonchev–Trinajstić information content (AvgIpc) is 2.95. The molecule has 3 atom stereocenters. The van der Waals surface area contributed by atoms with Gasteiger partial charge in [0.2, 0.25) is 0 Å². The van der Waals surface area contributed by atoms with Crippen molar-refractivity contribution < 1.29 is 23.8 Å². The Bertz CT molecular complexity index is 1040. The van der Waals surface area contributed by atoms with Crippen LogP contribution in [0, 0.1) is 17.8 Å². The Labute approximate surface area is 268 Å². The quantitative estimate of drug-likeness (QED) is 0.155. The lowest BCUT2D eigenvalue weighted by molar-refractivity contribution is -0.167. The largest absolute Gasteiger partial charge is 0.460 e. The summed E-state index contributed by atoms with van der Waals surface area (Å²) in [5, 5.41) is 0. The third-order valence-electron chi connectivity index (χ3n) is 9.16. The monoisotopic (exact) mass is 610 g/mol. The van der Waals surface area contributed by atoms with Crippen LogP contribution in [0.4, 0.5) is 0 Å². The van der Waals surface area contributed by atoms with Crippen LogP contribution in [0.1, 0.15) is 155 Å². The van der Waals surface area contributed by atoms with Crippen LogP contribution >= 0.6 is 0 Å². The average molecular weight is 611 g/mol. The summed E-state index contributed by atoms with van der Waals surface area (Å²) in [5.74, 6) is 1.19. The van der Waals surface area contributed by atoms with Crippen molar-refractivity contribution >= 4 is 18.0 Å². The van der Waals surface area contributed by atoms with Crippen molar-refractivity contribution in [2.75, 3.05) is 6.61 Å². The number of benzene rings is 1. The number of hydrogen-bond acceptors (Lipinski definition) is 5. The molecule has 2 aliphatic rings. The third-order valence-corrected chi connectivity index (χ3v) is 9.16. The molecule has 2 saturated carbocycles. The summed E-state index contributed by atoms with van der Waals surface area (Å²) >= 11 is 0. The molecule has 248 valence electrons. The SMILES string of the molecule is CCCCCC1CCCC(C(=O)OC(C)(C)C)C1COC1CCC(c2cccc(/C=C\CCCC(=O)OC(C)(C)C)c2)CC1. The predicted molar refractivity (Wildman–Crippen MR) is 180 cm³/mol. The van der Waals surface area contributed by atoms with Crippen LogP contribution in [0.5, 0.6) is 0 Å². The van der Waals surface area contributed by atoms with Crippen LogP contribution < -0.4 is 0 Å². The molecule has 1 aromatic carbocycles. The molecule has 2 fully saturated rings. The van der Waals surface area contributed by atoms with E-state index >= 15 is 0 Å². The number of hydrogen-bond donors (Lipinski definition) is 0. The van der Waals surface area contributed by atoms with Gasteiger partial charge in [-0.15, -0.1) is 0 Å². The molecule has 0 bridgehead atoms. The van der Waals surface area contributed by atoms with Crippen molar-refractivity contribution in [2.45, 2.75) is 162 Å². The van der Waals surface area contributed by atoms with Gasteiger partial charge in [0.1, 0.15) is 11.2 Å². The highest BCUT2D eigenvalue weighted by molar-refractivity contribution is 5.73. The zero-order valence-electron chi connectivity index (χ0n) is 29.0. The van der Waals surface area contributed by atoms with E-state index in [2.05, 4.69) is 43.3 Å². The first-order chi connectivity index (χ1) is 20.8. The highest BCUT2D eigenvalue weighted by Crippen LogP contribution is 2.41. The van der Waals surface area contributed by atoms with Crippen LogP contribution in [0.2, 0.25) is 0 Å². The summed E-state index contributed by atoms with van der Waals surface area (Å²) in [7, 11) is 0. The lowest BCUT2D eigenvalue weighted by Crippen LogP contribution is -2.40. The number of allylic oxidation sites excluding steroid dienone is 1. The summed E-state index contributed by atoms with van der Waals surface area (Å²) in [6.07, 6.45) is 19.3. The smallest absolute Gasteiger partial charge is 0.309 e. The molecule has 0 radical (unpaired) electrons. The van der Waals surface area contributed by atoms with Crippen molar-refractivity contribution in [2.24, 2.45) is 17.8 Å². The molecule has 0 spiro atoms. The highest BCUT2D eigenvalue weighted by Gasteiger charge is 2.40. The van der Waals surface area contributed by atoms with Gasteiger partial charge in [0.15, 0.2) is 0 Å². The zero-order valence-corrected chi connectivity index (χ0v) is 29.0. The van der Waals surface area contributed by atoms with Crippen molar-refractivity contribution in [3.8, 4) is 0 Å². The van der Waals surface area contributed by atoms with Gasteiger partial charge in [-0.1, -0.05) is 81.9 Å². The van der Waals surface area contributed by atoms with Gasteiger partial charge in [-0.2, -0.15) is 0 Å². The fourth-order valence-corrected chi connectivity index (χ4v) is 7.00. The van der Waals surface area contributed by atoms with E-state index in [1.807, 2.05) is 41.5 Å². The predicted octanol–water partition coefficient (Wildman–Crippen LogP) is 10.2. The lowest BCUT2D eigenvalue weighted by Gasteiger charge is -2.39. The van der Waals surface area contributed by atoms with E-state index in [1.54, 1.807) is 0 Å². The van der Waals surface area contributed by atoms with E-state index in [-0.39, 0.29) is 29.9 Å². The van der Waals surface area contributed by atoms with Gasteiger partial charge in [-0.05, 0) is 115 Å². The van der Waals surface area contributed by atoms with E-state index < -0.39 is 11.2 Å². The molecular weight excluding hydrogens is 548 g/mol. The Morgan fingerprint density at radius 2 is 1.61 bits per heavy atom. The Morgan fingerprint density at radius 1 is 0.886 bits per heavy atom. The van der Waals surface area contributed by atoms with Crippen LogP contribution in [-0.2, 0) is 23.8 Å². The molecule has 3 unspecified atom stereocenters. The molecule has 0 N–H and O–H groups in total. The maximum absolute atomic E-state index is 13.2. The molecule has 0 aliphatic heterocycles. The Balaban J connectivity index is 1.49. The number of esters is 2.